The van der Waals surface area contributed by atoms with Gasteiger partial charge in [-0.25, -0.2) is 9.67 Å². The minimum atomic E-state index is 0. The first-order valence-corrected chi connectivity index (χ1v) is 8.02. The summed E-state index contributed by atoms with van der Waals surface area (Å²) in [6, 6.07) is 10.1. The molecule has 0 spiro atoms. The third-order valence-electron chi connectivity index (χ3n) is 3.19. The monoisotopic (exact) mass is 443 g/mol. The number of halogens is 1. The van der Waals surface area contributed by atoms with Gasteiger partial charge in [0.1, 0.15) is 0 Å². The van der Waals surface area contributed by atoms with Crippen LogP contribution in [0.3, 0.4) is 0 Å². The van der Waals surface area contributed by atoms with Gasteiger partial charge in [0.05, 0.1) is 18.8 Å². The molecule has 0 atom stereocenters. The Kier molecular flexibility index (Phi) is 10.1. The summed E-state index contributed by atoms with van der Waals surface area (Å²) in [6.45, 7) is 7.63. The molecule has 0 saturated carbocycles. The van der Waals surface area contributed by atoms with E-state index in [1.54, 1.807) is 6.20 Å². The minimum absolute atomic E-state index is 0. The quantitative estimate of drug-likeness (QED) is 0.285. The zero-order valence-corrected chi connectivity index (χ0v) is 16.6. The summed E-state index contributed by atoms with van der Waals surface area (Å²) < 4.78 is 7.17. The molecule has 1 aromatic heterocycles. The van der Waals surface area contributed by atoms with Gasteiger partial charge in [-0.1, -0.05) is 12.1 Å². The van der Waals surface area contributed by atoms with Gasteiger partial charge in [0.2, 0.25) is 0 Å². The number of benzene rings is 1. The predicted molar refractivity (Wildman–Crippen MR) is 108 cm³/mol. The van der Waals surface area contributed by atoms with Gasteiger partial charge in [-0.15, -0.1) is 24.0 Å². The topological polar surface area (TPSA) is 63.5 Å². The fraction of sp³-hybridized carbons (Fsp3) is 0.412. The average Bonchev–Trinajstić information content (AvgIpc) is 3.11. The molecule has 2 N–H and O–H groups in total. The second kappa shape index (κ2) is 11.9. The number of aromatic nitrogens is 2. The Bertz CT molecular complexity index is 601. The minimum Gasteiger partial charge on any atom is -0.380 e. The molecule has 0 bridgehead atoms. The fourth-order valence-corrected chi connectivity index (χ4v) is 2.12. The number of nitrogens with zero attached hydrogens (tertiary/aromatic N) is 3. The van der Waals surface area contributed by atoms with E-state index in [9.17, 15) is 0 Å². The molecule has 2 rings (SSSR count). The Morgan fingerprint density at radius 1 is 1.25 bits per heavy atom. The van der Waals surface area contributed by atoms with Crippen LogP contribution in [0, 0.1) is 0 Å². The molecule has 0 radical (unpaired) electrons. The third kappa shape index (κ3) is 6.88. The Morgan fingerprint density at radius 2 is 2.12 bits per heavy atom. The smallest absolute Gasteiger partial charge is 0.191 e. The number of guanidine groups is 1. The van der Waals surface area contributed by atoms with Gasteiger partial charge >= 0.3 is 0 Å². The van der Waals surface area contributed by atoms with Crippen molar-refractivity contribution >= 4 is 29.9 Å². The number of aliphatic imine (C=N–C) groups is 1. The van der Waals surface area contributed by atoms with E-state index in [4.69, 9.17) is 4.74 Å². The lowest BCUT2D eigenvalue weighted by atomic mass is 10.2. The van der Waals surface area contributed by atoms with Gasteiger partial charge in [0.25, 0.3) is 0 Å². The average molecular weight is 443 g/mol. The van der Waals surface area contributed by atoms with Crippen LogP contribution in [0.4, 0.5) is 0 Å². The fourth-order valence-electron chi connectivity index (χ4n) is 2.12. The second-order valence-electron chi connectivity index (χ2n) is 4.94. The summed E-state index contributed by atoms with van der Waals surface area (Å²) in [5.74, 6) is 0.802. The number of hydrogen-bond donors (Lipinski definition) is 2. The zero-order chi connectivity index (χ0) is 16.3. The van der Waals surface area contributed by atoms with Gasteiger partial charge < -0.3 is 15.4 Å². The first kappa shape index (κ1) is 20.4. The third-order valence-corrected chi connectivity index (χ3v) is 3.19. The van der Waals surface area contributed by atoms with Crippen LogP contribution in [0.1, 0.15) is 19.4 Å². The summed E-state index contributed by atoms with van der Waals surface area (Å²) in [6.07, 6.45) is 3.71. The van der Waals surface area contributed by atoms with Crippen LogP contribution < -0.4 is 10.6 Å². The van der Waals surface area contributed by atoms with Crippen molar-refractivity contribution < 1.29 is 4.74 Å². The normalized spacial score (nSPS) is 11.0. The molecule has 24 heavy (non-hydrogen) atoms. The van der Waals surface area contributed by atoms with Crippen molar-refractivity contribution in [3.63, 3.8) is 0 Å². The van der Waals surface area contributed by atoms with Crippen LogP contribution in [-0.2, 0) is 11.3 Å². The molecule has 7 heteroatoms. The lowest BCUT2D eigenvalue weighted by Crippen LogP contribution is -2.39. The van der Waals surface area contributed by atoms with Crippen molar-refractivity contribution in [2.24, 2.45) is 4.99 Å². The molecular formula is C17H26IN5O. The van der Waals surface area contributed by atoms with Gasteiger partial charge in [0.15, 0.2) is 5.96 Å². The molecule has 1 aromatic carbocycles. The van der Waals surface area contributed by atoms with Crippen molar-refractivity contribution in [2.45, 2.75) is 20.4 Å². The number of ether oxygens (including phenoxy) is 1. The van der Waals surface area contributed by atoms with E-state index in [1.165, 1.54) is 0 Å². The van der Waals surface area contributed by atoms with E-state index < -0.39 is 0 Å². The highest BCUT2D eigenvalue weighted by molar-refractivity contribution is 14.0. The number of nitrogens with one attached hydrogen (secondary N) is 2. The maximum Gasteiger partial charge on any atom is 0.191 e. The Hall–Kier alpha value is -1.61. The van der Waals surface area contributed by atoms with Crippen LogP contribution in [0.5, 0.6) is 0 Å². The van der Waals surface area contributed by atoms with Crippen LogP contribution in [0.2, 0.25) is 0 Å². The summed E-state index contributed by atoms with van der Waals surface area (Å²) in [5, 5.41) is 10.8. The number of hydrogen-bond acceptors (Lipinski definition) is 3. The molecule has 0 aliphatic rings. The second-order valence-corrected chi connectivity index (χ2v) is 4.94. The molecule has 0 amide bonds. The highest BCUT2D eigenvalue weighted by atomic mass is 127. The predicted octanol–water partition coefficient (Wildman–Crippen LogP) is 2.58. The van der Waals surface area contributed by atoms with Crippen molar-refractivity contribution in [1.82, 2.24) is 20.4 Å². The lowest BCUT2D eigenvalue weighted by molar-refractivity contribution is 0.152. The van der Waals surface area contributed by atoms with Crippen molar-refractivity contribution in [2.75, 3.05) is 26.3 Å². The molecule has 0 aliphatic heterocycles. The highest BCUT2D eigenvalue weighted by Gasteiger charge is 2.00. The molecule has 132 valence electrons. The Morgan fingerprint density at radius 3 is 2.83 bits per heavy atom. The van der Waals surface area contributed by atoms with Gasteiger partial charge in [-0.2, -0.15) is 5.10 Å². The Balaban J connectivity index is 0.00000288. The largest absolute Gasteiger partial charge is 0.380 e. The maximum atomic E-state index is 5.33. The van der Waals surface area contributed by atoms with Crippen molar-refractivity contribution in [3.8, 4) is 5.69 Å². The van der Waals surface area contributed by atoms with Gasteiger partial charge in [-0.3, -0.25) is 0 Å². The zero-order valence-electron chi connectivity index (χ0n) is 14.2. The van der Waals surface area contributed by atoms with Gasteiger partial charge in [0, 0.05) is 32.1 Å². The molecule has 6 nitrogen and oxygen atoms in total. The summed E-state index contributed by atoms with van der Waals surface area (Å²) >= 11 is 0. The van der Waals surface area contributed by atoms with E-state index in [0.717, 1.165) is 36.9 Å². The summed E-state index contributed by atoms with van der Waals surface area (Å²) in [5.41, 5.74) is 2.18. The molecule has 1 heterocycles. The molecule has 0 fully saturated rings. The van der Waals surface area contributed by atoms with Crippen molar-refractivity contribution in [1.29, 1.82) is 0 Å². The first-order chi connectivity index (χ1) is 11.3. The van der Waals surface area contributed by atoms with E-state index in [-0.39, 0.29) is 24.0 Å². The maximum absolute atomic E-state index is 5.33. The highest BCUT2D eigenvalue weighted by Crippen LogP contribution is 2.10. The molecular weight excluding hydrogens is 417 g/mol. The van der Waals surface area contributed by atoms with E-state index in [2.05, 4.69) is 39.8 Å². The molecule has 0 unspecified atom stereocenters. The number of rotatable bonds is 8. The Labute approximate surface area is 160 Å². The lowest BCUT2D eigenvalue weighted by Gasteiger charge is -2.11. The van der Waals surface area contributed by atoms with Crippen LogP contribution in [0.15, 0.2) is 47.7 Å². The summed E-state index contributed by atoms with van der Waals surface area (Å²) in [4.78, 5) is 4.61. The van der Waals surface area contributed by atoms with Crippen LogP contribution >= 0.6 is 24.0 Å². The van der Waals surface area contributed by atoms with Crippen molar-refractivity contribution in [3.05, 3.63) is 48.3 Å². The molecule has 2 aromatic rings. The standard InChI is InChI=1S/C17H25N5O.HI/c1-3-18-17(19-10-12-23-4-2)20-14-15-7-5-8-16(13-15)22-11-6-9-21-22;/h5-9,11,13H,3-4,10,12,14H2,1-2H3,(H2,18,19,20);1H. The SMILES string of the molecule is CCNC(=NCc1cccc(-n2cccn2)c1)NCCOCC.I. The molecule has 0 aliphatic carbocycles. The first-order valence-electron chi connectivity index (χ1n) is 8.02. The van der Waals surface area contributed by atoms with Crippen LogP contribution in [0.25, 0.3) is 5.69 Å². The summed E-state index contributed by atoms with van der Waals surface area (Å²) in [7, 11) is 0. The van der Waals surface area contributed by atoms with E-state index in [1.807, 2.05) is 36.0 Å². The molecule has 0 saturated heterocycles. The van der Waals surface area contributed by atoms with E-state index >= 15 is 0 Å². The van der Waals surface area contributed by atoms with E-state index in [0.29, 0.717) is 13.2 Å². The van der Waals surface area contributed by atoms with Gasteiger partial charge in [-0.05, 0) is 37.6 Å². The van der Waals surface area contributed by atoms with Crippen LogP contribution in [-0.4, -0.2) is 42.0 Å².